The molecule has 0 spiro atoms. The number of rotatable bonds is 6. The van der Waals surface area contributed by atoms with Crippen molar-refractivity contribution in [1.82, 2.24) is 5.32 Å². The Kier molecular flexibility index (Phi) is 4.94. The Labute approximate surface area is 139 Å². The van der Waals surface area contributed by atoms with Crippen molar-refractivity contribution in [3.05, 3.63) is 64.8 Å². The summed E-state index contributed by atoms with van der Waals surface area (Å²) in [7, 11) is 1.93. The normalized spacial score (nSPS) is 12.5. The maximum Gasteiger partial charge on any atom is 0.138 e. The molecule has 0 radical (unpaired) electrons. The van der Waals surface area contributed by atoms with Crippen LogP contribution in [0, 0.1) is 12.7 Å². The van der Waals surface area contributed by atoms with Gasteiger partial charge in [0.15, 0.2) is 0 Å². The van der Waals surface area contributed by atoms with Crippen molar-refractivity contribution in [2.45, 2.75) is 19.4 Å². The topological polar surface area (TPSA) is 21.3 Å². The van der Waals surface area contributed by atoms with Crippen LogP contribution in [0.1, 0.15) is 23.7 Å². The van der Waals surface area contributed by atoms with E-state index in [1.54, 1.807) is 6.07 Å². The number of hydrogen-bond donors (Lipinski definition) is 1. The van der Waals surface area contributed by atoms with Crippen LogP contribution in [0.2, 0.25) is 0 Å². The molecule has 2 aromatic carbocycles. The minimum Gasteiger partial charge on any atom is -0.484 e. The molecular formula is C19H20FNOS. The Hall–Kier alpha value is -1.91. The quantitative estimate of drug-likeness (QED) is 0.681. The first-order valence-electron chi connectivity index (χ1n) is 7.73. The summed E-state index contributed by atoms with van der Waals surface area (Å²) >= 11 is 1.54. The van der Waals surface area contributed by atoms with Crippen LogP contribution in [0.25, 0.3) is 10.1 Å². The fourth-order valence-electron chi connectivity index (χ4n) is 2.71. The van der Waals surface area contributed by atoms with E-state index in [0.717, 1.165) is 34.5 Å². The molecule has 0 bridgehead atoms. The Bertz CT molecular complexity index is 785. The average Bonchev–Trinajstić information content (AvgIpc) is 2.97. The molecule has 1 N–H and O–H groups in total. The van der Waals surface area contributed by atoms with E-state index in [9.17, 15) is 4.39 Å². The fourth-order valence-corrected chi connectivity index (χ4v) is 3.73. The molecule has 1 heterocycles. The van der Waals surface area contributed by atoms with Crippen LogP contribution in [0.3, 0.4) is 0 Å². The van der Waals surface area contributed by atoms with Gasteiger partial charge >= 0.3 is 0 Å². The Morgan fingerprint density at radius 2 is 1.96 bits per heavy atom. The van der Waals surface area contributed by atoms with E-state index in [0.29, 0.717) is 5.39 Å². The molecule has 1 unspecified atom stereocenters. The molecule has 3 rings (SSSR count). The highest BCUT2D eigenvalue weighted by molar-refractivity contribution is 7.17. The molecule has 0 aliphatic heterocycles. The number of aryl methyl sites for hydroxylation is 1. The molecule has 0 saturated heterocycles. The van der Waals surface area contributed by atoms with Gasteiger partial charge in [-0.1, -0.05) is 30.3 Å². The van der Waals surface area contributed by atoms with E-state index in [4.69, 9.17) is 4.74 Å². The van der Waals surface area contributed by atoms with E-state index in [2.05, 4.69) is 17.4 Å². The van der Waals surface area contributed by atoms with Crippen LogP contribution in [-0.4, -0.2) is 13.6 Å². The number of benzene rings is 2. The van der Waals surface area contributed by atoms with Crippen molar-refractivity contribution >= 4 is 21.4 Å². The molecule has 1 atom stereocenters. The third kappa shape index (κ3) is 3.38. The van der Waals surface area contributed by atoms with E-state index in [-0.39, 0.29) is 11.9 Å². The summed E-state index contributed by atoms with van der Waals surface area (Å²) in [6, 6.07) is 13.4. The van der Waals surface area contributed by atoms with Gasteiger partial charge in [0, 0.05) is 11.8 Å². The van der Waals surface area contributed by atoms with Crippen LogP contribution in [0.4, 0.5) is 4.39 Å². The first kappa shape index (κ1) is 16.0. The van der Waals surface area contributed by atoms with Crippen molar-refractivity contribution in [3.63, 3.8) is 0 Å². The lowest BCUT2D eigenvalue weighted by Crippen LogP contribution is -2.16. The van der Waals surface area contributed by atoms with Gasteiger partial charge < -0.3 is 10.1 Å². The summed E-state index contributed by atoms with van der Waals surface area (Å²) in [4.78, 5) is 0. The van der Waals surface area contributed by atoms with Gasteiger partial charge in [0.2, 0.25) is 0 Å². The summed E-state index contributed by atoms with van der Waals surface area (Å²) in [5, 5.41) is 5.82. The molecule has 3 aromatic rings. The summed E-state index contributed by atoms with van der Waals surface area (Å²) in [6.07, 6.45) is 0.795. The smallest absolute Gasteiger partial charge is 0.138 e. The van der Waals surface area contributed by atoms with Gasteiger partial charge in [-0.2, -0.15) is 0 Å². The summed E-state index contributed by atoms with van der Waals surface area (Å²) in [5.41, 5.74) is 2.09. The third-order valence-corrected chi connectivity index (χ3v) is 5.03. The lowest BCUT2D eigenvalue weighted by molar-refractivity contribution is 0.198. The van der Waals surface area contributed by atoms with Crippen LogP contribution >= 0.6 is 11.3 Å². The van der Waals surface area contributed by atoms with Crippen LogP contribution < -0.4 is 10.1 Å². The minimum atomic E-state index is -0.183. The Balaban J connectivity index is 1.95. The van der Waals surface area contributed by atoms with E-state index >= 15 is 0 Å². The standard InChI is InChI=1S/C19H20FNOS/c1-13-12-23-19-17(9-8-15(20)18(13)19)22-16(10-11-21-2)14-6-4-3-5-7-14/h3-9,12,16,21H,10-11H2,1-2H3. The van der Waals surface area contributed by atoms with Gasteiger partial charge in [0.05, 0.1) is 4.70 Å². The first-order chi connectivity index (χ1) is 11.2. The van der Waals surface area contributed by atoms with Gasteiger partial charge in [-0.05, 0) is 49.2 Å². The number of halogens is 1. The van der Waals surface area contributed by atoms with E-state index in [1.165, 1.54) is 17.4 Å². The lowest BCUT2D eigenvalue weighted by atomic mass is 10.1. The van der Waals surface area contributed by atoms with Crippen molar-refractivity contribution in [2.75, 3.05) is 13.6 Å². The minimum absolute atomic E-state index is 0.0558. The molecule has 4 heteroatoms. The highest BCUT2D eigenvalue weighted by Crippen LogP contribution is 2.37. The molecular weight excluding hydrogens is 309 g/mol. The molecule has 0 aliphatic rings. The molecule has 0 saturated carbocycles. The molecule has 2 nitrogen and oxygen atoms in total. The number of ether oxygens (including phenoxy) is 1. The monoisotopic (exact) mass is 329 g/mol. The largest absolute Gasteiger partial charge is 0.484 e. The maximum atomic E-state index is 14.1. The van der Waals surface area contributed by atoms with Gasteiger partial charge in [-0.15, -0.1) is 11.3 Å². The number of thiophene rings is 1. The number of hydrogen-bond acceptors (Lipinski definition) is 3. The Morgan fingerprint density at radius 3 is 2.70 bits per heavy atom. The molecule has 23 heavy (non-hydrogen) atoms. The maximum absolute atomic E-state index is 14.1. The highest BCUT2D eigenvalue weighted by Gasteiger charge is 2.17. The zero-order valence-corrected chi connectivity index (χ0v) is 14.1. The van der Waals surface area contributed by atoms with Crippen molar-refractivity contribution in [2.24, 2.45) is 0 Å². The zero-order valence-electron chi connectivity index (χ0n) is 13.3. The van der Waals surface area contributed by atoms with Crippen LogP contribution in [0.15, 0.2) is 47.8 Å². The number of nitrogens with one attached hydrogen (secondary N) is 1. The van der Waals surface area contributed by atoms with E-state index < -0.39 is 0 Å². The van der Waals surface area contributed by atoms with Gasteiger partial charge in [0.1, 0.15) is 17.7 Å². The SMILES string of the molecule is CNCCC(Oc1ccc(F)c2c(C)csc12)c1ccccc1. The van der Waals surface area contributed by atoms with Crippen LogP contribution in [0.5, 0.6) is 5.75 Å². The summed E-state index contributed by atoms with van der Waals surface area (Å²) < 4.78 is 21.2. The Morgan fingerprint density at radius 1 is 1.17 bits per heavy atom. The molecule has 0 amide bonds. The summed E-state index contributed by atoms with van der Waals surface area (Å²) in [6.45, 7) is 2.79. The van der Waals surface area contributed by atoms with Crippen molar-refractivity contribution < 1.29 is 9.13 Å². The molecule has 0 fully saturated rings. The van der Waals surface area contributed by atoms with Gasteiger partial charge in [-0.3, -0.25) is 0 Å². The number of fused-ring (bicyclic) bond motifs is 1. The highest BCUT2D eigenvalue weighted by atomic mass is 32.1. The van der Waals surface area contributed by atoms with Gasteiger partial charge in [0.25, 0.3) is 0 Å². The van der Waals surface area contributed by atoms with Gasteiger partial charge in [-0.25, -0.2) is 4.39 Å². The molecule has 0 aliphatic carbocycles. The first-order valence-corrected chi connectivity index (χ1v) is 8.61. The van der Waals surface area contributed by atoms with E-state index in [1.807, 2.05) is 37.6 Å². The second-order valence-electron chi connectivity index (χ2n) is 5.58. The summed E-state index contributed by atoms with van der Waals surface area (Å²) in [5.74, 6) is 0.571. The molecule has 120 valence electrons. The predicted octanol–water partition coefficient (Wildman–Crippen LogP) is 5.08. The molecule has 1 aromatic heterocycles. The van der Waals surface area contributed by atoms with Crippen molar-refractivity contribution in [3.8, 4) is 5.75 Å². The second-order valence-corrected chi connectivity index (χ2v) is 6.46. The second kappa shape index (κ2) is 7.11. The lowest BCUT2D eigenvalue weighted by Gasteiger charge is -2.20. The zero-order chi connectivity index (χ0) is 16.2. The van der Waals surface area contributed by atoms with Crippen LogP contribution in [-0.2, 0) is 0 Å². The predicted molar refractivity (Wildman–Crippen MR) is 94.9 cm³/mol. The fraction of sp³-hybridized carbons (Fsp3) is 0.263. The van der Waals surface area contributed by atoms with Crippen molar-refractivity contribution in [1.29, 1.82) is 0 Å². The average molecular weight is 329 g/mol. The third-order valence-electron chi connectivity index (χ3n) is 3.92.